The summed E-state index contributed by atoms with van der Waals surface area (Å²) in [6.45, 7) is 2.21. The predicted molar refractivity (Wildman–Crippen MR) is 119 cm³/mol. The number of amides is 2. The largest absolute Gasteiger partial charge is 0.349 e. The Morgan fingerprint density at radius 3 is 2.66 bits per heavy atom. The lowest BCUT2D eigenvalue weighted by atomic mass is 9.86. The highest BCUT2D eigenvalue weighted by molar-refractivity contribution is 8.04. The lowest BCUT2D eigenvalue weighted by Gasteiger charge is -2.30. The van der Waals surface area contributed by atoms with E-state index in [1.54, 1.807) is 11.9 Å². The molecule has 29 heavy (non-hydrogen) atoms. The Morgan fingerprint density at radius 2 is 1.90 bits per heavy atom. The van der Waals surface area contributed by atoms with Crippen LogP contribution in [-0.2, 0) is 4.79 Å². The molecule has 1 saturated carbocycles. The lowest BCUT2D eigenvalue weighted by molar-refractivity contribution is -0.114. The first-order valence-corrected chi connectivity index (χ1v) is 11.0. The molecule has 150 valence electrons. The van der Waals surface area contributed by atoms with Crippen molar-refractivity contribution in [3.05, 3.63) is 64.6 Å². The van der Waals surface area contributed by atoms with E-state index < -0.39 is 0 Å². The first kappa shape index (κ1) is 19.8. The van der Waals surface area contributed by atoms with Gasteiger partial charge in [-0.25, -0.2) is 0 Å². The Labute approximate surface area is 176 Å². The van der Waals surface area contributed by atoms with Crippen LogP contribution < -0.4 is 10.2 Å². The van der Waals surface area contributed by atoms with Crippen molar-refractivity contribution in [2.24, 2.45) is 5.92 Å². The number of fused-ring (bicyclic) bond motifs is 1. The molecule has 2 amide bonds. The average molecular weight is 407 g/mol. The van der Waals surface area contributed by atoms with Crippen LogP contribution >= 0.6 is 11.8 Å². The fourth-order valence-corrected chi connectivity index (χ4v) is 5.11. The van der Waals surface area contributed by atoms with Gasteiger partial charge >= 0.3 is 0 Å². The molecule has 1 fully saturated rings. The topological polar surface area (TPSA) is 49.4 Å². The molecule has 0 bridgehead atoms. The van der Waals surface area contributed by atoms with Gasteiger partial charge in [-0.2, -0.15) is 0 Å². The van der Waals surface area contributed by atoms with Gasteiger partial charge in [0.05, 0.1) is 10.6 Å². The number of benzene rings is 2. The van der Waals surface area contributed by atoms with E-state index in [-0.39, 0.29) is 17.9 Å². The maximum atomic E-state index is 12.9. The number of rotatable bonds is 3. The van der Waals surface area contributed by atoms with Crippen molar-refractivity contribution in [3.63, 3.8) is 0 Å². The van der Waals surface area contributed by atoms with Gasteiger partial charge in [-0.1, -0.05) is 61.9 Å². The Bertz CT molecular complexity index is 955. The third-order valence-corrected chi connectivity index (χ3v) is 6.92. The summed E-state index contributed by atoms with van der Waals surface area (Å²) in [7, 11) is 1.77. The number of anilines is 1. The number of nitrogens with one attached hydrogen (secondary N) is 1. The zero-order valence-corrected chi connectivity index (χ0v) is 17.7. The predicted octanol–water partition coefficient (Wildman–Crippen LogP) is 5.10. The lowest BCUT2D eigenvalue weighted by Crippen LogP contribution is -2.41. The molecule has 4 nitrogen and oxygen atoms in total. The van der Waals surface area contributed by atoms with Crippen molar-refractivity contribution in [2.75, 3.05) is 11.9 Å². The number of carbonyl (C=O) groups excluding carboxylic acids is 2. The quantitative estimate of drug-likeness (QED) is 0.721. The minimum Gasteiger partial charge on any atom is -0.349 e. The summed E-state index contributed by atoms with van der Waals surface area (Å²) < 4.78 is 0. The molecule has 5 heteroatoms. The van der Waals surface area contributed by atoms with Crippen LogP contribution in [0, 0.1) is 5.92 Å². The molecule has 0 spiro atoms. The third kappa shape index (κ3) is 4.25. The summed E-state index contributed by atoms with van der Waals surface area (Å²) >= 11 is 1.46. The molecule has 1 aliphatic carbocycles. The van der Waals surface area contributed by atoms with Gasteiger partial charge in [0.25, 0.3) is 11.8 Å². The number of hydrogen-bond acceptors (Lipinski definition) is 3. The maximum absolute atomic E-state index is 12.9. The van der Waals surface area contributed by atoms with E-state index in [9.17, 15) is 9.59 Å². The van der Waals surface area contributed by atoms with Gasteiger partial charge in [-0.15, -0.1) is 0 Å². The van der Waals surface area contributed by atoms with Crippen LogP contribution in [0.4, 0.5) is 5.69 Å². The minimum atomic E-state index is -0.0528. The van der Waals surface area contributed by atoms with Crippen molar-refractivity contribution in [3.8, 4) is 0 Å². The van der Waals surface area contributed by atoms with Crippen LogP contribution in [0.15, 0.2) is 58.3 Å². The Balaban J connectivity index is 1.55. The summed E-state index contributed by atoms with van der Waals surface area (Å²) in [6.07, 6.45) is 6.54. The van der Waals surface area contributed by atoms with Crippen molar-refractivity contribution in [1.82, 2.24) is 5.32 Å². The first-order valence-electron chi connectivity index (χ1n) is 10.2. The van der Waals surface area contributed by atoms with E-state index in [0.29, 0.717) is 16.4 Å². The molecule has 0 unspecified atom stereocenters. The minimum absolute atomic E-state index is 0.0511. The molecule has 0 radical (unpaired) electrons. The maximum Gasteiger partial charge on any atom is 0.264 e. The third-order valence-electron chi connectivity index (χ3n) is 5.84. The zero-order chi connectivity index (χ0) is 20.4. The molecule has 2 aromatic carbocycles. The smallest absolute Gasteiger partial charge is 0.264 e. The fourth-order valence-electron chi connectivity index (χ4n) is 4.02. The molecule has 4 rings (SSSR count). The van der Waals surface area contributed by atoms with Crippen molar-refractivity contribution in [2.45, 2.75) is 43.5 Å². The molecule has 2 aliphatic rings. The number of likely N-dealkylation sites (N-methyl/N-ethyl adjacent to an activating group) is 1. The zero-order valence-electron chi connectivity index (χ0n) is 16.9. The van der Waals surface area contributed by atoms with Crippen molar-refractivity contribution >= 4 is 35.3 Å². The normalized spacial score (nSPS) is 23.0. The highest BCUT2D eigenvalue weighted by Crippen LogP contribution is 2.42. The van der Waals surface area contributed by atoms with E-state index in [2.05, 4.69) is 12.2 Å². The van der Waals surface area contributed by atoms with Gasteiger partial charge in [0.1, 0.15) is 0 Å². The van der Waals surface area contributed by atoms with E-state index >= 15 is 0 Å². The highest BCUT2D eigenvalue weighted by Gasteiger charge is 2.28. The van der Waals surface area contributed by atoms with Gasteiger partial charge < -0.3 is 10.2 Å². The summed E-state index contributed by atoms with van der Waals surface area (Å²) in [5, 5.41) is 3.20. The number of thioether (sulfide) groups is 1. The first-order chi connectivity index (χ1) is 14.0. The van der Waals surface area contributed by atoms with E-state index in [4.69, 9.17) is 0 Å². The SMILES string of the molecule is C[C@@H]1CCCC[C@@H]1NC(=O)c1ccc2c(c1)N(C)C(=O)/C(=C\c1ccccc1)S2. The van der Waals surface area contributed by atoms with Crippen LogP contribution in [0.2, 0.25) is 0 Å². The highest BCUT2D eigenvalue weighted by atomic mass is 32.2. The summed E-state index contributed by atoms with van der Waals surface area (Å²) in [5.74, 6) is 0.406. The summed E-state index contributed by atoms with van der Waals surface area (Å²) in [6, 6.07) is 15.7. The summed E-state index contributed by atoms with van der Waals surface area (Å²) in [4.78, 5) is 29.0. The molecular formula is C24H26N2O2S. The number of nitrogens with zero attached hydrogens (tertiary/aromatic N) is 1. The molecule has 2 atom stereocenters. The van der Waals surface area contributed by atoms with E-state index in [1.807, 2.05) is 54.6 Å². The second-order valence-corrected chi connectivity index (χ2v) is 8.99. The van der Waals surface area contributed by atoms with Gasteiger partial charge in [-0.05, 0) is 48.6 Å². The van der Waals surface area contributed by atoms with Crippen LogP contribution in [0.1, 0.15) is 48.5 Å². The monoisotopic (exact) mass is 406 g/mol. The van der Waals surface area contributed by atoms with Crippen molar-refractivity contribution < 1.29 is 9.59 Å². The molecule has 1 N–H and O–H groups in total. The fraction of sp³-hybridized carbons (Fsp3) is 0.333. The second kappa shape index (κ2) is 8.46. The Morgan fingerprint density at radius 1 is 1.14 bits per heavy atom. The van der Waals surface area contributed by atoms with Crippen LogP contribution in [0.3, 0.4) is 0 Å². The second-order valence-electron chi connectivity index (χ2n) is 7.91. The van der Waals surface area contributed by atoms with Crippen LogP contribution in [0.25, 0.3) is 6.08 Å². The van der Waals surface area contributed by atoms with Gasteiger partial charge in [0.15, 0.2) is 0 Å². The Hall–Kier alpha value is -2.53. The van der Waals surface area contributed by atoms with Crippen LogP contribution in [-0.4, -0.2) is 24.9 Å². The molecule has 0 aromatic heterocycles. The molecule has 1 heterocycles. The molecule has 2 aromatic rings. The van der Waals surface area contributed by atoms with E-state index in [0.717, 1.165) is 22.6 Å². The number of carbonyl (C=O) groups is 2. The number of hydrogen-bond donors (Lipinski definition) is 1. The van der Waals surface area contributed by atoms with Gasteiger partial charge in [-0.3, -0.25) is 9.59 Å². The molecule has 1 aliphatic heterocycles. The Kier molecular flexibility index (Phi) is 5.76. The van der Waals surface area contributed by atoms with Crippen molar-refractivity contribution in [1.29, 1.82) is 0 Å². The summed E-state index contributed by atoms with van der Waals surface area (Å²) in [5.41, 5.74) is 2.39. The van der Waals surface area contributed by atoms with E-state index in [1.165, 1.54) is 31.0 Å². The standard InChI is InChI=1S/C24H26N2O2S/c1-16-8-6-7-11-19(16)25-23(27)18-12-13-21-20(15-18)26(2)24(28)22(29-21)14-17-9-4-3-5-10-17/h3-5,9-10,12-16,19H,6-8,11H2,1-2H3,(H,25,27)/b22-14+/t16-,19+/m1/s1. The van der Waals surface area contributed by atoms with Gasteiger partial charge in [0, 0.05) is 23.5 Å². The van der Waals surface area contributed by atoms with Crippen LogP contribution in [0.5, 0.6) is 0 Å². The molecular weight excluding hydrogens is 380 g/mol. The van der Waals surface area contributed by atoms with Gasteiger partial charge in [0.2, 0.25) is 0 Å². The molecule has 0 saturated heterocycles. The average Bonchev–Trinajstić information content (AvgIpc) is 2.74.